The zero-order valence-electron chi connectivity index (χ0n) is 11.3. The van der Waals surface area contributed by atoms with Gasteiger partial charge in [0.2, 0.25) is 0 Å². The molecule has 1 aliphatic carbocycles. The minimum absolute atomic E-state index is 0.435. The van der Waals surface area contributed by atoms with Crippen molar-refractivity contribution in [2.24, 2.45) is 0 Å². The third-order valence-electron chi connectivity index (χ3n) is 3.50. The van der Waals surface area contributed by atoms with E-state index in [9.17, 15) is 0 Å². The summed E-state index contributed by atoms with van der Waals surface area (Å²) in [4.78, 5) is 0. The summed E-state index contributed by atoms with van der Waals surface area (Å²) in [6, 6.07) is 11.7. The molecule has 0 fully saturated rings. The number of benzene rings is 2. The number of rotatable bonds is 0. The molecule has 0 aliphatic heterocycles. The van der Waals surface area contributed by atoms with E-state index < -0.39 is 0 Å². The first-order valence-electron chi connectivity index (χ1n) is 6.70. The van der Waals surface area contributed by atoms with E-state index in [4.69, 9.17) is 28.9 Å². The van der Waals surface area contributed by atoms with Crippen LogP contribution in [0.5, 0.6) is 0 Å². The van der Waals surface area contributed by atoms with Gasteiger partial charge in [-0.05, 0) is 36.1 Å². The van der Waals surface area contributed by atoms with Crippen molar-refractivity contribution >= 4 is 34.5 Å². The van der Waals surface area contributed by atoms with E-state index in [2.05, 4.69) is 36.1 Å². The first-order chi connectivity index (χ1) is 10.1. The fraction of sp³-hybridized carbons (Fsp3) is 0.111. The van der Waals surface area contributed by atoms with E-state index >= 15 is 0 Å². The summed E-state index contributed by atoms with van der Waals surface area (Å²) in [7, 11) is 0. The molecule has 0 saturated heterocycles. The Morgan fingerprint density at radius 3 is 2.71 bits per heavy atom. The maximum absolute atomic E-state index is 6.03. The predicted molar refractivity (Wildman–Crippen MR) is 90.5 cm³/mol. The van der Waals surface area contributed by atoms with Crippen LogP contribution < -0.4 is 5.73 Å². The second-order valence-corrected chi connectivity index (χ2v) is 5.76. The van der Waals surface area contributed by atoms with Gasteiger partial charge in [-0.2, -0.15) is 0 Å². The van der Waals surface area contributed by atoms with Crippen LogP contribution in [0, 0.1) is 11.8 Å². The van der Waals surface area contributed by atoms with Gasteiger partial charge in [0.25, 0.3) is 0 Å². The van der Waals surface area contributed by atoms with Crippen LogP contribution >= 0.6 is 23.2 Å². The summed E-state index contributed by atoms with van der Waals surface area (Å²) in [5, 5.41) is 0.973. The van der Waals surface area contributed by atoms with Gasteiger partial charge in [-0.25, -0.2) is 0 Å². The smallest absolute Gasteiger partial charge is 0.0663 e. The zero-order valence-corrected chi connectivity index (χ0v) is 12.8. The molecule has 0 amide bonds. The standard InChI is InChI=1S/C18H13Cl2N/c19-15-10-14(18(21)17(20)11-15)9-8-13-6-3-5-12-4-1-2-7-16(12)13/h1-2,4,6-7,10-11H,3,5,21H2. The molecule has 0 radical (unpaired) electrons. The largest absolute Gasteiger partial charge is 0.397 e. The first kappa shape index (κ1) is 14.1. The molecule has 0 saturated carbocycles. The summed E-state index contributed by atoms with van der Waals surface area (Å²) in [5.74, 6) is 6.30. The lowest BCUT2D eigenvalue weighted by molar-refractivity contribution is 0.981. The molecule has 104 valence electrons. The van der Waals surface area contributed by atoms with Gasteiger partial charge < -0.3 is 5.73 Å². The average molecular weight is 314 g/mol. The summed E-state index contributed by atoms with van der Waals surface area (Å²) in [5.41, 5.74) is 10.6. The molecular formula is C18H13Cl2N. The number of aryl methyl sites for hydroxylation is 1. The molecule has 0 spiro atoms. The van der Waals surface area contributed by atoms with Crippen molar-refractivity contribution in [3.63, 3.8) is 0 Å². The monoisotopic (exact) mass is 313 g/mol. The highest BCUT2D eigenvalue weighted by atomic mass is 35.5. The lowest BCUT2D eigenvalue weighted by atomic mass is 9.91. The number of nitrogen functional groups attached to an aromatic ring is 1. The fourth-order valence-electron chi connectivity index (χ4n) is 2.42. The van der Waals surface area contributed by atoms with Crippen LogP contribution in [0.25, 0.3) is 5.57 Å². The predicted octanol–water partition coefficient (Wildman–Crippen LogP) is 4.96. The number of nitrogens with two attached hydrogens (primary N) is 1. The second-order valence-electron chi connectivity index (χ2n) is 4.91. The highest BCUT2D eigenvalue weighted by molar-refractivity contribution is 6.36. The maximum atomic E-state index is 6.03. The topological polar surface area (TPSA) is 26.0 Å². The molecule has 3 heteroatoms. The number of fused-ring (bicyclic) bond motifs is 1. The number of allylic oxidation sites excluding steroid dienone is 2. The first-order valence-corrected chi connectivity index (χ1v) is 7.46. The van der Waals surface area contributed by atoms with Crippen LogP contribution in [0.4, 0.5) is 5.69 Å². The van der Waals surface area contributed by atoms with E-state index in [1.54, 1.807) is 12.1 Å². The number of hydrogen-bond acceptors (Lipinski definition) is 1. The quantitative estimate of drug-likeness (QED) is 0.540. The van der Waals surface area contributed by atoms with Crippen LogP contribution in [-0.4, -0.2) is 0 Å². The Morgan fingerprint density at radius 2 is 1.86 bits per heavy atom. The van der Waals surface area contributed by atoms with Gasteiger partial charge in [0.1, 0.15) is 0 Å². The van der Waals surface area contributed by atoms with Crippen LogP contribution in [0.15, 0.2) is 42.5 Å². The van der Waals surface area contributed by atoms with E-state index in [1.807, 2.05) is 6.07 Å². The van der Waals surface area contributed by atoms with Crippen molar-refractivity contribution in [3.8, 4) is 11.8 Å². The van der Waals surface area contributed by atoms with E-state index in [1.165, 1.54) is 11.1 Å². The van der Waals surface area contributed by atoms with Crippen molar-refractivity contribution in [2.75, 3.05) is 5.73 Å². The minimum Gasteiger partial charge on any atom is -0.397 e. The summed E-state index contributed by atoms with van der Waals surface area (Å²) in [6.07, 6.45) is 4.23. The molecule has 3 rings (SSSR count). The van der Waals surface area contributed by atoms with Gasteiger partial charge in [-0.15, -0.1) is 0 Å². The molecule has 0 bridgehead atoms. The lowest BCUT2D eigenvalue weighted by Gasteiger charge is -2.13. The van der Waals surface area contributed by atoms with Crippen LogP contribution in [-0.2, 0) is 6.42 Å². The molecule has 0 heterocycles. The SMILES string of the molecule is Nc1c(Cl)cc(Cl)cc1C#CC1=CCCc2ccccc21. The summed E-state index contributed by atoms with van der Waals surface area (Å²) in [6.45, 7) is 0. The fourth-order valence-corrected chi connectivity index (χ4v) is 2.92. The molecule has 2 aromatic rings. The average Bonchev–Trinajstić information content (AvgIpc) is 2.49. The minimum atomic E-state index is 0.435. The highest BCUT2D eigenvalue weighted by Crippen LogP contribution is 2.28. The Balaban J connectivity index is 2.01. The Bertz CT molecular complexity index is 795. The Labute approximate surface area is 134 Å². The maximum Gasteiger partial charge on any atom is 0.0663 e. The number of halogens is 2. The van der Waals surface area contributed by atoms with Gasteiger partial charge in [-0.3, -0.25) is 0 Å². The van der Waals surface area contributed by atoms with Crippen molar-refractivity contribution in [1.82, 2.24) is 0 Å². The van der Waals surface area contributed by atoms with Crippen LogP contribution in [0.2, 0.25) is 10.0 Å². The van der Waals surface area contributed by atoms with E-state index in [0.717, 1.165) is 18.4 Å². The van der Waals surface area contributed by atoms with E-state index in [0.29, 0.717) is 21.3 Å². The van der Waals surface area contributed by atoms with Crippen LogP contribution in [0.3, 0.4) is 0 Å². The molecule has 0 unspecified atom stereocenters. The van der Waals surface area contributed by atoms with Gasteiger partial charge in [0.05, 0.1) is 16.3 Å². The highest BCUT2D eigenvalue weighted by Gasteiger charge is 2.10. The second kappa shape index (κ2) is 5.85. The Hall–Kier alpha value is -1.88. The van der Waals surface area contributed by atoms with Gasteiger partial charge >= 0.3 is 0 Å². The summed E-state index contributed by atoms with van der Waals surface area (Å²) < 4.78 is 0. The molecular weight excluding hydrogens is 301 g/mol. The third kappa shape index (κ3) is 2.93. The van der Waals surface area contributed by atoms with Crippen LogP contribution in [0.1, 0.15) is 23.1 Å². The van der Waals surface area contributed by atoms with E-state index in [-0.39, 0.29) is 0 Å². The number of anilines is 1. The molecule has 1 nitrogen and oxygen atoms in total. The van der Waals surface area contributed by atoms with Crippen molar-refractivity contribution in [3.05, 3.63) is 69.2 Å². The molecule has 21 heavy (non-hydrogen) atoms. The van der Waals surface area contributed by atoms with Crippen molar-refractivity contribution < 1.29 is 0 Å². The molecule has 0 aromatic heterocycles. The molecule has 0 atom stereocenters. The van der Waals surface area contributed by atoms with Crippen molar-refractivity contribution in [2.45, 2.75) is 12.8 Å². The van der Waals surface area contributed by atoms with Crippen molar-refractivity contribution in [1.29, 1.82) is 0 Å². The van der Waals surface area contributed by atoms with Gasteiger partial charge in [-0.1, -0.05) is 65.4 Å². The summed E-state index contributed by atoms with van der Waals surface area (Å²) >= 11 is 12.0. The lowest BCUT2D eigenvalue weighted by Crippen LogP contribution is -1.98. The Kier molecular flexibility index (Phi) is 3.92. The molecule has 2 aromatic carbocycles. The normalized spacial score (nSPS) is 13.0. The third-order valence-corrected chi connectivity index (χ3v) is 4.03. The molecule has 1 aliphatic rings. The zero-order chi connectivity index (χ0) is 14.8. The Morgan fingerprint density at radius 1 is 1.05 bits per heavy atom. The van der Waals surface area contributed by atoms with Gasteiger partial charge in [0, 0.05) is 10.6 Å². The molecule has 2 N–H and O–H groups in total. The van der Waals surface area contributed by atoms with Gasteiger partial charge in [0.15, 0.2) is 0 Å². The number of hydrogen-bond donors (Lipinski definition) is 1.